The van der Waals surface area contributed by atoms with Crippen LogP contribution < -0.4 is 0 Å². The van der Waals surface area contributed by atoms with Crippen LogP contribution in [0.2, 0.25) is 0 Å². The van der Waals surface area contributed by atoms with Gasteiger partial charge in [0.25, 0.3) is 0 Å². The Balaban J connectivity index is 2.76. The van der Waals surface area contributed by atoms with Gasteiger partial charge < -0.3 is 24.1 Å². The first kappa shape index (κ1) is 15.4. The first-order valence-corrected chi connectivity index (χ1v) is 5.62. The van der Waals surface area contributed by atoms with Crippen molar-refractivity contribution in [2.75, 3.05) is 6.61 Å². The van der Waals surface area contributed by atoms with Crippen LogP contribution in [0.5, 0.6) is 0 Å². The van der Waals surface area contributed by atoms with Gasteiger partial charge in [-0.2, -0.15) is 0 Å². The van der Waals surface area contributed by atoms with Crippen LogP contribution in [0.3, 0.4) is 0 Å². The molecule has 0 aromatic heterocycles. The van der Waals surface area contributed by atoms with Crippen LogP contribution in [0.15, 0.2) is 0 Å². The summed E-state index contributed by atoms with van der Waals surface area (Å²) in [5.74, 6) is -1.83. The smallest absolute Gasteiger partial charge is 0.303 e. The molecule has 0 bridgehead atoms. The summed E-state index contributed by atoms with van der Waals surface area (Å²) in [6.07, 6.45) is -4.53. The molecule has 0 unspecified atom stereocenters. The predicted molar refractivity (Wildman–Crippen MR) is 58.6 cm³/mol. The molecular formula is C11H16O8. The van der Waals surface area contributed by atoms with Gasteiger partial charge in [0.1, 0.15) is 12.7 Å². The monoisotopic (exact) mass is 276 g/mol. The quantitative estimate of drug-likeness (QED) is 0.521. The molecule has 0 amide bonds. The van der Waals surface area contributed by atoms with Crippen molar-refractivity contribution < 1.29 is 38.4 Å². The van der Waals surface area contributed by atoms with Gasteiger partial charge in [-0.25, -0.2) is 0 Å². The highest BCUT2D eigenvalue weighted by atomic mass is 16.7. The standard InChI is InChI=1S/C11H16O8/c1-5(12)16-4-8-9(17-6(2)13)10(11(15)19-8)18-7(3)14/h8-11,15H,4H2,1-3H3/t8-,9-,10+,11+/m1/s1. The van der Waals surface area contributed by atoms with Gasteiger partial charge in [-0.3, -0.25) is 14.4 Å². The molecule has 1 saturated heterocycles. The summed E-state index contributed by atoms with van der Waals surface area (Å²) in [4.78, 5) is 32.7. The van der Waals surface area contributed by atoms with Crippen molar-refractivity contribution in [2.45, 2.75) is 45.4 Å². The summed E-state index contributed by atoms with van der Waals surface area (Å²) in [5.41, 5.74) is 0. The Morgan fingerprint density at radius 1 is 1.00 bits per heavy atom. The molecule has 108 valence electrons. The average Bonchev–Trinajstić information content (AvgIpc) is 2.53. The normalized spacial score (nSPS) is 29.7. The molecule has 4 atom stereocenters. The molecule has 1 rings (SSSR count). The van der Waals surface area contributed by atoms with Gasteiger partial charge in [0.15, 0.2) is 18.5 Å². The topological polar surface area (TPSA) is 108 Å². The Labute approximate surface area is 109 Å². The number of carbonyl (C=O) groups is 3. The SMILES string of the molecule is CC(=O)OC[C@H]1O[C@H](O)[C@@H](OC(C)=O)[C@@H]1OC(C)=O. The Morgan fingerprint density at radius 2 is 1.53 bits per heavy atom. The molecule has 0 radical (unpaired) electrons. The van der Waals surface area contributed by atoms with E-state index in [2.05, 4.69) is 0 Å². The van der Waals surface area contributed by atoms with Crippen LogP contribution in [-0.2, 0) is 33.3 Å². The van der Waals surface area contributed by atoms with Crippen LogP contribution >= 0.6 is 0 Å². The lowest BCUT2D eigenvalue weighted by molar-refractivity contribution is -0.174. The fourth-order valence-electron chi connectivity index (χ4n) is 1.69. The van der Waals surface area contributed by atoms with Gasteiger partial charge in [0.05, 0.1) is 0 Å². The molecule has 8 nitrogen and oxygen atoms in total. The largest absolute Gasteiger partial charge is 0.463 e. The van der Waals surface area contributed by atoms with E-state index in [1.807, 2.05) is 0 Å². The molecule has 1 heterocycles. The van der Waals surface area contributed by atoms with Crippen molar-refractivity contribution in [1.29, 1.82) is 0 Å². The summed E-state index contributed by atoms with van der Waals surface area (Å²) in [6, 6.07) is 0. The van der Waals surface area contributed by atoms with Crippen molar-refractivity contribution in [3.8, 4) is 0 Å². The molecule has 0 aromatic carbocycles. The van der Waals surface area contributed by atoms with Crippen LogP contribution in [0.25, 0.3) is 0 Å². The highest BCUT2D eigenvalue weighted by Crippen LogP contribution is 2.26. The predicted octanol–water partition coefficient (Wildman–Crippen LogP) is -0.870. The number of carbonyl (C=O) groups excluding carboxylic acids is 3. The zero-order valence-corrected chi connectivity index (χ0v) is 10.8. The molecule has 1 aliphatic rings. The number of aliphatic hydroxyl groups is 1. The fourth-order valence-corrected chi connectivity index (χ4v) is 1.69. The van der Waals surface area contributed by atoms with Crippen molar-refractivity contribution in [3.05, 3.63) is 0 Å². The molecular weight excluding hydrogens is 260 g/mol. The highest BCUT2D eigenvalue weighted by Gasteiger charge is 2.48. The van der Waals surface area contributed by atoms with E-state index < -0.39 is 42.5 Å². The second kappa shape index (κ2) is 6.48. The molecule has 1 aliphatic heterocycles. The summed E-state index contributed by atoms with van der Waals surface area (Å²) in [6.45, 7) is 3.30. The summed E-state index contributed by atoms with van der Waals surface area (Å²) >= 11 is 0. The van der Waals surface area contributed by atoms with E-state index in [0.717, 1.165) is 6.92 Å². The molecule has 0 aliphatic carbocycles. The van der Waals surface area contributed by atoms with Crippen LogP contribution in [0.1, 0.15) is 20.8 Å². The molecule has 0 saturated carbocycles. The zero-order valence-electron chi connectivity index (χ0n) is 10.8. The van der Waals surface area contributed by atoms with Crippen molar-refractivity contribution >= 4 is 17.9 Å². The van der Waals surface area contributed by atoms with Gasteiger partial charge in [0.2, 0.25) is 0 Å². The van der Waals surface area contributed by atoms with Gasteiger partial charge in [-0.1, -0.05) is 0 Å². The summed E-state index contributed by atoms with van der Waals surface area (Å²) in [7, 11) is 0. The lowest BCUT2D eigenvalue weighted by atomic mass is 10.1. The Kier molecular flexibility index (Phi) is 5.25. The maximum atomic E-state index is 11.0. The minimum absolute atomic E-state index is 0.220. The van der Waals surface area contributed by atoms with Crippen LogP contribution in [0, 0.1) is 0 Å². The molecule has 1 N–H and O–H groups in total. The van der Waals surface area contributed by atoms with E-state index in [1.165, 1.54) is 13.8 Å². The minimum Gasteiger partial charge on any atom is -0.463 e. The van der Waals surface area contributed by atoms with E-state index in [4.69, 9.17) is 18.9 Å². The Bertz CT molecular complexity index is 366. The molecule has 1 fully saturated rings. The zero-order chi connectivity index (χ0) is 14.6. The maximum Gasteiger partial charge on any atom is 0.303 e. The van der Waals surface area contributed by atoms with E-state index in [-0.39, 0.29) is 6.61 Å². The van der Waals surface area contributed by atoms with Crippen molar-refractivity contribution in [3.63, 3.8) is 0 Å². The molecule has 0 aromatic rings. The van der Waals surface area contributed by atoms with Gasteiger partial charge in [-0.05, 0) is 0 Å². The third kappa shape index (κ3) is 4.49. The van der Waals surface area contributed by atoms with E-state index in [9.17, 15) is 19.5 Å². The second-order valence-electron chi connectivity index (χ2n) is 4.02. The van der Waals surface area contributed by atoms with Crippen molar-refractivity contribution in [2.24, 2.45) is 0 Å². The maximum absolute atomic E-state index is 11.0. The molecule has 0 spiro atoms. The third-order valence-electron chi connectivity index (χ3n) is 2.34. The molecule has 19 heavy (non-hydrogen) atoms. The highest BCUT2D eigenvalue weighted by molar-refractivity contribution is 5.67. The summed E-state index contributed by atoms with van der Waals surface area (Å²) in [5, 5.41) is 9.63. The fraction of sp³-hybridized carbons (Fsp3) is 0.727. The number of hydrogen-bond donors (Lipinski definition) is 1. The van der Waals surface area contributed by atoms with Crippen LogP contribution in [0.4, 0.5) is 0 Å². The lowest BCUT2D eigenvalue weighted by Crippen LogP contribution is -2.41. The number of ether oxygens (including phenoxy) is 4. The first-order chi connectivity index (χ1) is 8.81. The number of esters is 3. The van der Waals surface area contributed by atoms with Crippen molar-refractivity contribution in [1.82, 2.24) is 0 Å². The van der Waals surface area contributed by atoms with Gasteiger partial charge in [0, 0.05) is 20.8 Å². The Morgan fingerprint density at radius 3 is 2.00 bits per heavy atom. The third-order valence-corrected chi connectivity index (χ3v) is 2.34. The number of aliphatic hydroxyl groups excluding tert-OH is 1. The number of hydrogen-bond acceptors (Lipinski definition) is 8. The van der Waals surface area contributed by atoms with Crippen LogP contribution in [-0.4, -0.2) is 54.2 Å². The second-order valence-corrected chi connectivity index (χ2v) is 4.02. The van der Waals surface area contributed by atoms with Gasteiger partial charge >= 0.3 is 17.9 Å². The van der Waals surface area contributed by atoms with E-state index in [0.29, 0.717) is 0 Å². The molecule has 8 heteroatoms. The minimum atomic E-state index is -1.45. The number of rotatable bonds is 4. The average molecular weight is 276 g/mol. The summed E-state index contributed by atoms with van der Waals surface area (Å²) < 4.78 is 19.6. The van der Waals surface area contributed by atoms with E-state index in [1.54, 1.807) is 0 Å². The first-order valence-electron chi connectivity index (χ1n) is 5.62. The van der Waals surface area contributed by atoms with Gasteiger partial charge in [-0.15, -0.1) is 0 Å². The lowest BCUT2D eigenvalue weighted by Gasteiger charge is -2.21. The Hall–Kier alpha value is -1.67. The van der Waals surface area contributed by atoms with E-state index >= 15 is 0 Å².